The van der Waals surface area contributed by atoms with Gasteiger partial charge in [-0.05, 0) is 6.42 Å². The molecule has 0 saturated heterocycles. The van der Waals surface area contributed by atoms with Gasteiger partial charge in [-0.15, -0.1) is 0 Å². The molecule has 0 fully saturated rings. The second kappa shape index (κ2) is 8.66. The average Bonchev–Trinajstić information content (AvgIpc) is 1.97. The monoisotopic (exact) mass is 144 g/mol. The van der Waals surface area contributed by atoms with Crippen molar-refractivity contribution in [3.05, 3.63) is 12.2 Å². The van der Waals surface area contributed by atoms with Crippen molar-refractivity contribution >= 4 is 0 Å². The lowest BCUT2D eigenvalue weighted by molar-refractivity contribution is 0.112. The third-order valence-electron chi connectivity index (χ3n) is 1.07. The Labute approximate surface area is 62.5 Å². The van der Waals surface area contributed by atoms with Gasteiger partial charge >= 0.3 is 0 Å². The zero-order valence-electron chi connectivity index (χ0n) is 6.55. The van der Waals surface area contributed by atoms with E-state index in [4.69, 9.17) is 9.84 Å². The minimum absolute atomic E-state index is 0.113. The zero-order valence-corrected chi connectivity index (χ0v) is 6.55. The van der Waals surface area contributed by atoms with Gasteiger partial charge in [-0.2, -0.15) is 0 Å². The molecular weight excluding hydrogens is 128 g/mol. The topological polar surface area (TPSA) is 29.5 Å². The average molecular weight is 144 g/mol. The van der Waals surface area contributed by atoms with E-state index in [9.17, 15) is 0 Å². The maximum Gasteiger partial charge on any atom is 0.0701 e. The molecule has 0 bridgehead atoms. The van der Waals surface area contributed by atoms with Gasteiger partial charge in [0.2, 0.25) is 0 Å². The summed E-state index contributed by atoms with van der Waals surface area (Å²) in [5, 5.41) is 8.32. The third-order valence-corrected chi connectivity index (χ3v) is 1.07. The van der Waals surface area contributed by atoms with Gasteiger partial charge in [0.15, 0.2) is 0 Å². The second-order valence-corrected chi connectivity index (χ2v) is 2.06. The Morgan fingerprint density at radius 3 is 2.80 bits per heavy atom. The summed E-state index contributed by atoms with van der Waals surface area (Å²) in [4.78, 5) is 0. The Morgan fingerprint density at radius 1 is 1.40 bits per heavy atom. The van der Waals surface area contributed by atoms with Crippen molar-refractivity contribution in [2.45, 2.75) is 19.8 Å². The predicted octanol–water partition coefficient (Wildman–Crippen LogP) is 1.35. The molecule has 0 aromatic rings. The first-order chi connectivity index (χ1) is 4.91. The van der Waals surface area contributed by atoms with Crippen LogP contribution in [-0.4, -0.2) is 24.9 Å². The van der Waals surface area contributed by atoms with Crippen LogP contribution in [0.1, 0.15) is 19.8 Å². The van der Waals surface area contributed by atoms with Gasteiger partial charge < -0.3 is 9.84 Å². The highest BCUT2D eigenvalue weighted by atomic mass is 16.5. The summed E-state index contributed by atoms with van der Waals surface area (Å²) in [7, 11) is 0. The highest BCUT2D eigenvalue weighted by Crippen LogP contribution is 1.87. The Morgan fingerprint density at radius 2 is 2.20 bits per heavy atom. The number of rotatable bonds is 6. The highest BCUT2D eigenvalue weighted by Gasteiger charge is 1.79. The fourth-order valence-corrected chi connectivity index (χ4v) is 0.568. The first-order valence-corrected chi connectivity index (χ1v) is 3.75. The number of aliphatic hydroxyl groups excluding tert-OH is 1. The number of ether oxygens (including phenoxy) is 1. The summed E-state index contributed by atoms with van der Waals surface area (Å²) in [6.45, 7) is 3.32. The van der Waals surface area contributed by atoms with Crippen LogP contribution in [0.3, 0.4) is 0 Å². The number of aliphatic hydroxyl groups is 1. The Hall–Kier alpha value is -0.340. The van der Waals surface area contributed by atoms with Crippen LogP contribution in [0, 0.1) is 0 Å². The second-order valence-electron chi connectivity index (χ2n) is 2.06. The van der Waals surface area contributed by atoms with E-state index in [1.807, 2.05) is 6.08 Å². The van der Waals surface area contributed by atoms with Crippen LogP contribution in [0.15, 0.2) is 12.2 Å². The van der Waals surface area contributed by atoms with Crippen LogP contribution in [0.25, 0.3) is 0 Å². The molecular formula is C8H16O2. The lowest BCUT2D eigenvalue weighted by Crippen LogP contribution is -1.97. The number of hydrogen-bond donors (Lipinski definition) is 1. The fraction of sp³-hybridized carbons (Fsp3) is 0.750. The molecule has 0 aromatic carbocycles. The van der Waals surface area contributed by atoms with E-state index < -0.39 is 0 Å². The molecule has 2 heteroatoms. The van der Waals surface area contributed by atoms with Crippen LogP contribution < -0.4 is 0 Å². The lowest BCUT2D eigenvalue weighted by Gasteiger charge is -1.94. The highest BCUT2D eigenvalue weighted by molar-refractivity contribution is 4.80. The van der Waals surface area contributed by atoms with Crippen molar-refractivity contribution in [3.8, 4) is 0 Å². The van der Waals surface area contributed by atoms with Gasteiger partial charge in [-0.1, -0.05) is 25.5 Å². The molecule has 60 valence electrons. The molecule has 0 amide bonds. The molecule has 0 aliphatic heterocycles. The number of hydrogen-bond acceptors (Lipinski definition) is 2. The van der Waals surface area contributed by atoms with E-state index in [-0.39, 0.29) is 6.61 Å². The maximum atomic E-state index is 8.32. The van der Waals surface area contributed by atoms with E-state index in [0.717, 1.165) is 6.42 Å². The predicted molar refractivity (Wildman–Crippen MR) is 42.0 cm³/mol. The fourth-order valence-electron chi connectivity index (χ4n) is 0.568. The van der Waals surface area contributed by atoms with E-state index in [0.29, 0.717) is 13.2 Å². The van der Waals surface area contributed by atoms with Crippen molar-refractivity contribution in [1.82, 2.24) is 0 Å². The molecule has 0 aliphatic rings. The van der Waals surface area contributed by atoms with Crippen molar-refractivity contribution < 1.29 is 9.84 Å². The van der Waals surface area contributed by atoms with Crippen molar-refractivity contribution in [2.75, 3.05) is 19.8 Å². The molecule has 0 heterocycles. The quantitative estimate of drug-likeness (QED) is 0.450. The minimum atomic E-state index is 0.113. The van der Waals surface area contributed by atoms with E-state index in [1.54, 1.807) is 0 Å². The van der Waals surface area contributed by atoms with E-state index in [2.05, 4.69) is 13.0 Å². The summed E-state index contributed by atoms with van der Waals surface area (Å²) in [6.07, 6.45) is 6.37. The Kier molecular flexibility index (Phi) is 8.37. The number of allylic oxidation sites excluding steroid dienone is 1. The molecule has 0 rings (SSSR count). The summed E-state index contributed by atoms with van der Waals surface area (Å²) >= 11 is 0. The SMILES string of the molecule is CCC/C=C/COCCO. The first-order valence-electron chi connectivity index (χ1n) is 3.75. The maximum absolute atomic E-state index is 8.32. The summed E-state index contributed by atoms with van der Waals surface area (Å²) < 4.78 is 4.99. The van der Waals surface area contributed by atoms with Crippen LogP contribution in [0.2, 0.25) is 0 Å². The molecule has 0 spiro atoms. The molecule has 0 saturated carbocycles. The summed E-state index contributed by atoms with van der Waals surface area (Å²) in [5.74, 6) is 0. The van der Waals surface area contributed by atoms with Crippen molar-refractivity contribution in [1.29, 1.82) is 0 Å². The van der Waals surface area contributed by atoms with Crippen molar-refractivity contribution in [2.24, 2.45) is 0 Å². The zero-order chi connectivity index (χ0) is 7.66. The molecule has 0 aromatic heterocycles. The van der Waals surface area contributed by atoms with Crippen LogP contribution in [0.5, 0.6) is 0 Å². The van der Waals surface area contributed by atoms with Gasteiger partial charge in [-0.25, -0.2) is 0 Å². The molecule has 1 N–H and O–H groups in total. The lowest BCUT2D eigenvalue weighted by atomic mass is 10.3. The van der Waals surface area contributed by atoms with Gasteiger partial charge in [0, 0.05) is 0 Å². The minimum Gasteiger partial charge on any atom is -0.394 e. The summed E-state index contributed by atoms with van der Waals surface area (Å²) in [5.41, 5.74) is 0. The third kappa shape index (κ3) is 7.66. The first kappa shape index (κ1) is 9.66. The largest absolute Gasteiger partial charge is 0.394 e. The van der Waals surface area contributed by atoms with E-state index in [1.165, 1.54) is 6.42 Å². The molecule has 0 unspecified atom stereocenters. The van der Waals surface area contributed by atoms with Gasteiger partial charge in [0.05, 0.1) is 19.8 Å². The van der Waals surface area contributed by atoms with Gasteiger partial charge in [0.25, 0.3) is 0 Å². The molecule has 0 atom stereocenters. The number of unbranched alkanes of at least 4 members (excludes halogenated alkanes) is 1. The van der Waals surface area contributed by atoms with Gasteiger partial charge in [0.1, 0.15) is 0 Å². The van der Waals surface area contributed by atoms with Crippen LogP contribution >= 0.6 is 0 Å². The standard InChI is InChI=1S/C8H16O2/c1-2-3-4-5-7-10-8-6-9/h4-5,9H,2-3,6-8H2,1H3/b5-4+. The smallest absolute Gasteiger partial charge is 0.0701 e. The van der Waals surface area contributed by atoms with Crippen LogP contribution in [0.4, 0.5) is 0 Å². The summed E-state index contributed by atoms with van der Waals surface area (Å²) in [6, 6.07) is 0. The Bertz CT molecular complexity index is 79.3. The van der Waals surface area contributed by atoms with Crippen LogP contribution in [-0.2, 0) is 4.74 Å². The van der Waals surface area contributed by atoms with E-state index >= 15 is 0 Å². The molecule has 0 radical (unpaired) electrons. The van der Waals surface area contributed by atoms with Gasteiger partial charge in [-0.3, -0.25) is 0 Å². The molecule has 10 heavy (non-hydrogen) atoms. The molecule has 0 aliphatic carbocycles. The Balaban J connectivity index is 2.88. The molecule has 2 nitrogen and oxygen atoms in total. The normalized spacial score (nSPS) is 11.0. The van der Waals surface area contributed by atoms with Crippen molar-refractivity contribution in [3.63, 3.8) is 0 Å².